The molecule has 2 rings (SSSR count). The van der Waals surface area contributed by atoms with Gasteiger partial charge in [0, 0.05) is 37.2 Å². The van der Waals surface area contributed by atoms with Gasteiger partial charge in [-0.05, 0) is 48.7 Å². The Hall–Kier alpha value is -2.36. The fourth-order valence-corrected chi connectivity index (χ4v) is 1.97. The maximum absolute atomic E-state index is 11.7. The molecule has 20 heavy (non-hydrogen) atoms. The van der Waals surface area contributed by atoms with Crippen LogP contribution in [0.4, 0.5) is 5.69 Å². The van der Waals surface area contributed by atoms with Crippen LogP contribution in [0.5, 0.6) is 0 Å². The SMILES string of the molecule is CNC(=O)c1ccc(C)c(NCc2cnccc2C)c1. The van der Waals surface area contributed by atoms with E-state index in [0.29, 0.717) is 12.1 Å². The lowest BCUT2D eigenvalue weighted by atomic mass is 10.1. The normalized spacial score (nSPS) is 10.2. The lowest BCUT2D eigenvalue weighted by Crippen LogP contribution is -2.18. The number of pyridine rings is 1. The largest absolute Gasteiger partial charge is 0.381 e. The first-order chi connectivity index (χ1) is 9.61. The number of rotatable bonds is 4. The van der Waals surface area contributed by atoms with Gasteiger partial charge in [-0.15, -0.1) is 0 Å². The number of carbonyl (C=O) groups is 1. The summed E-state index contributed by atoms with van der Waals surface area (Å²) in [5.41, 5.74) is 5.09. The second kappa shape index (κ2) is 6.19. The summed E-state index contributed by atoms with van der Waals surface area (Å²) in [5.74, 6) is -0.0781. The van der Waals surface area contributed by atoms with Crippen molar-refractivity contribution in [2.75, 3.05) is 12.4 Å². The van der Waals surface area contributed by atoms with Gasteiger partial charge in [-0.25, -0.2) is 0 Å². The molecule has 0 atom stereocenters. The Morgan fingerprint density at radius 1 is 1.20 bits per heavy atom. The van der Waals surface area contributed by atoms with Gasteiger partial charge >= 0.3 is 0 Å². The van der Waals surface area contributed by atoms with Crippen LogP contribution in [-0.2, 0) is 6.54 Å². The van der Waals surface area contributed by atoms with Gasteiger partial charge in [-0.2, -0.15) is 0 Å². The predicted molar refractivity (Wildman–Crippen MR) is 80.9 cm³/mol. The number of carbonyl (C=O) groups excluding carboxylic acids is 1. The van der Waals surface area contributed by atoms with E-state index < -0.39 is 0 Å². The van der Waals surface area contributed by atoms with Crippen molar-refractivity contribution in [2.45, 2.75) is 20.4 Å². The molecular weight excluding hydrogens is 250 g/mol. The first-order valence-electron chi connectivity index (χ1n) is 6.58. The van der Waals surface area contributed by atoms with Gasteiger partial charge in [0.25, 0.3) is 5.91 Å². The summed E-state index contributed by atoms with van der Waals surface area (Å²) in [6, 6.07) is 7.64. The topological polar surface area (TPSA) is 54.0 Å². The monoisotopic (exact) mass is 269 g/mol. The second-order valence-electron chi connectivity index (χ2n) is 4.76. The molecule has 1 amide bonds. The molecule has 0 bridgehead atoms. The van der Waals surface area contributed by atoms with Gasteiger partial charge in [0.1, 0.15) is 0 Å². The van der Waals surface area contributed by atoms with Crippen LogP contribution >= 0.6 is 0 Å². The van der Waals surface area contributed by atoms with E-state index in [1.54, 1.807) is 13.2 Å². The number of aryl methyl sites for hydroxylation is 2. The first-order valence-corrected chi connectivity index (χ1v) is 6.58. The lowest BCUT2D eigenvalue weighted by Gasteiger charge is -2.12. The number of hydrogen-bond donors (Lipinski definition) is 2. The van der Waals surface area contributed by atoms with E-state index in [9.17, 15) is 4.79 Å². The zero-order valence-electron chi connectivity index (χ0n) is 12.0. The molecule has 2 N–H and O–H groups in total. The van der Waals surface area contributed by atoms with Crippen molar-refractivity contribution in [3.63, 3.8) is 0 Å². The van der Waals surface area contributed by atoms with Crippen molar-refractivity contribution in [3.05, 3.63) is 58.9 Å². The van der Waals surface area contributed by atoms with Crippen LogP contribution < -0.4 is 10.6 Å². The summed E-state index contributed by atoms with van der Waals surface area (Å²) in [6.07, 6.45) is 3.65. The Bertz CT molecular complexity index is 623. The maximum atomic E-state index is 11.7. The minimum atomic E-state index is -0.0781. The van der Waals surface area contributed by atoms with Crippen LogP contribution in [0.15, 0.2) is 36.7 Å². The molecule has 0 saturated carbocycles. The number of anilines is 1. The quantitative estimate of drug-likeness (QED) is 0.897. The van der Waals surface area contributed by atoms with Crippen LogP contribution in [-0.4, -0.2) is 17.9 Å². The highest BCUT2D eigenvalue weighted by molar-refractivity contribution is 5.95. The first kappa shape index (κ1) is 14.1. The molecule has 1 heterocycles. The summed E-state index contributed by atoms with van der Waals surface area (Å²) in [4.78, 5) is 15.8. The Balaban J connectivity index is 2.17. The number of nitrogens with zero attached hydrogens (tertiary/aromatic N) is 1. The number of aromatic nitrogens is 1. The Labute approximate surface area is 119 Å². The van der Waals surface area contributed by atoms with Gasteiger partial charge < -0.3 is 10.6 Å². The zero-order valence-corrected chi connectivity index (χ0v) is 12.0. The highest BCUT2D eigenvalue weighted by Gasteiger charge is 2.06. The van der Waals surface area contributed by atoms with Gasteiger partial charge in [0.05, 0.1) is 0 Å². The fourth-order valence-electron chi connectivity index (χ4n) is 1.97. The minimum Gasteiger partial charge on any atom is -0.381 e. The molecule has 2 aromatic rings. The molecule has 104 valence electrons. The number of benzene rings is 1. The van der Waals surface area contributed by atoms with Crippen molar-refractivity contribution >= 4 is 11.6 Å². The van der Waals surface area contributed by atoms with Crippen molar-refractivity contribution < 1.29 is 4.79 Å². The minimum absolute atomic E-state index is 0.0781. The summed E-state index contributed by atoms with van der Waals surface area (Å²) >= 11 is 0. The molecular formula is C16H19N3O. The van der Waals surface area contributed by atoms with Crippen LogP contribution in [0, 0.1) is 13.8 Å². The molecule has 0 aliphatic rings. The molecule has 4 nitrogen and oxygen atoms in total. The van der Waals surface area contributed by atoms with E-state index >= 15 is 0 Å². The number of hydrogen-bond acceptors (Lipinski definition) is 3. The fraction of sp³-hybridized carbons (Fsp3) is 0.250. The van der Waals surface area contributed by atoms with E-state index in [0.717, 1.165) is 16.8 Å². The Morgan fingerprint density at radius 2 is 2.00 bits per heavy atom. The predicted octanol–water partition coefficient (Wildman–Crippen LogP) is 2.67. The van der Waals surface area contributed by atoms with Crippen molar-refractivity contribution in [2.24, 2.45) is 0 Å². The highest BCUT2D eigenvalue weighted by Crippen LogP contribution is 2.18. The number of nitrogens with one attached hydrogen (secondary N) is 2. The molecule has 0 saturated heterocycles. The third-order valence-corrected chi connectivity index (χ3v) is 3.34. The smallest absolute Gasteiger partial charge is 0.251 e. The van der Waals surface area contributed by atoms with Crippen LogP contribution in [0.2, 0.25) is 0 Å². The molecule has 4 heteroatoms. The van der Waals surface area contributed by atoms with Crippen molar-refractivity contribution in [1.29, 1.82) is 0 Å². The molecule has 0 aliphatic heterocycles. The van der Waals surface area contributed by atoms with E-state index in [2.05, 4.69) is 22.5 Å². The molecule has 1 aromatic carbocycles. The summed E-state index contributed by atoms with van der Waals surface area (Å²) in [6.45, 7) is 4.77. The van der Waals surface area contributed by atoms with E-state index in [-0.39, 0.29) is 5.91 Å². The van der Waals surface area contributed by atoms with E-state index in [1.807, 2.05) is 37.4 Å². The van der Waals surface area contributed by atoms with E-state index in [4.69, 9.17) is 0 Å². The summed E-state index contributed by atoms with van der Waals surface area (Å²) in [7, 11) is 1.63. The molecule has 0 radical (unpaired) electrons. The van der Waals surface area contributed by atoms with Crippen LogP contribution in [0.3, 0.4) is 0 Å². The zero-order chi connectivity index (χ0) is 14.5. The average molecular weight is 269 g/mol. The van der Waals surface area contributed by atoms with E-state index in [1.165, 1.54) is 5.56 Å². The highest BCUT2D eigenvalue weighted by atomic mass is 16.1. The lowest BCUT2D eigenvalue weighted by molar-refractivity contribution is 0.0963. The third-order valence-electron chi connectivity index (χ3n) is 3.34. The van der Waals surface area contributed by atoms with Crippen LogP contribution in [0.25, 0.3) is 0 Å². The standard InChI is InChI=1S/C16H19N3O/c1-11-6-7-18-9-14(11)10-19-15-8-13(16(20)17-3)5-4-12(15)2/h4-9,19H,10H2,1-3H3,(H,17,20). The third kappa shape index (κ3) is 3.15. The Morgan fingerprint density at radius 3 is 2.70 bits per heavy atom. The van der Waals surface area contributed by atoms with Crippen LogP contribution in [0.1, 0.15) is 27.0 Å². The number of amides is 1. The molecule has 0 aliphatic carbocycles. The van der Waals surface area contributed by atoms with Gasteiger partial charge in [-0.3, -0.25) is 9.78 Å². The van der Waals surface area contributed by atoms with Gasteiger partial charge in [0.2, 0.25) is 0 Å². The molecule has 0 unspecified atom stereocenters. The van der Waals surface area contributed by atoms with Gasteiger partial charge in [0.15, 0.2) is 0 Å². The summed E-state index contributed by atoms with van der Waals surface area (Å²) < 4.78 is 0. The maximum Gasteiger partial charge on any atom is 0.251 e. The Kier molecular flexibility index (Phi) is 4.35. The average Bonchev–Trinajstić information content (AvgIpc) is 2.47. The van der Waals surface area contributed by atoms with Gasteiger partial charge in [-0.1, -0.05) is 6.07 Å². The van der Waals surface area contributed by atoms with Crippen molar-refractivity contribution in [3.8, 4) is 0 Å². The second-order valence-corrected chi connectivity index (χ2v) is 4.76. The summed E-state index contributed by atoms with van der Waals surface area (Å²) in [5, 5.41) is 6.00. The van der Waals surface area contributed by atoms with Crippen molar-refractivity contribution in [1.82, 2.24) is 10.3 Å². The molecule has 1 aromatic heterocycles. The molecule has 0 fully saturated rings. The molecule has 0 spiro atoms.